The normalized spacial score (nSPS) is 10.9. The van der Waals surface area contributed by atoms with Crippen LogP contribution in [-0.4, -0.2) is 20.5 Å². The summed E-state index contributed by atoms with van der Waals surface area (Å²) in [6.07, 6.45) is 5.63. The Morgan fingerprint density at radius 2 is 1.81 bits per heavy atom. The van der Waals surface area contributed by atoms with E-state index in [2.05, 4.69) is 16.0 Å². The third kappa shape index (κ3) is 3.38. The molecule has 0 aliphatic rings. The molecule has 0 radical (unpaired) electrons. The molecule has 0 atom stereocenters. The third-order valence-electron chi connectivity index (χ3n) is 4.18. The summed E-state index contributed by atoms with van der Waals surface area (Å²) < 4.78 is 7.78. The fourth-order valence-electron chi connectivity index (χ4n) is 3.00. The Kier molecular flexibility index (Phi) is 4.31. The highest BCUT2D eigenvalue weighted by Crippen LogP contribution is 2.26. The number of fused-ring (bicyclic) bond motifs is 1. The van der Waals surface area contributed by atoms with Crippen molar-refractivity contribution < 1.29 is 4.74 Å². The van der Waals surface area contributed by atoms with Crippen LogP contribution < -0.4 is 4.74 Å². The molecule has 0 saturated heterocycles. The SMILES string of the molecule is CC(C)Oc1cccc(-c2cn3c(-c4cccc(C#N)c4)cnc3cn2)c1. The van der Waals surface area contributed by atoms with Crippen LogP contribution in [0.15, 0.2) is 67.1 Å². The van der Waals surface area contributed by atoms with E-state index in [1.807, 2.05) is 66.9 Å². The molecule has 0 aliphatic heterocycles. The molecule has 2 aromatic carbocycles. The Balaban J connectivity index is 1.80. The van der Waals surface area contributed by atoms with Crippen LogP contribution in [0, 0.1) is 11.3 Å². The minimum atomic E-state index is 0.114. The Hall–Kier alpha value is -3.65. The monoisotopic (exact) mass is 354 g/mol. The van der Waals surface area contributed by atoms with Crippen molar-refractivity contribution in [3.8, 4) is 34.3 Å². The zero-order valence-corrected chi connectivity index (χ0v) is 15.1. The lowest BCUT2D eigenvalue weighted by Crippen LogP contribution is -2.05. The van der Waals surface area contributed by atoms with E-state index in [1.54, 1.807) is 18.5 Å². The van der Waals surface area contributed by atoms with E-state index in [0.717, 1.165) is 33.9 Å². The highest BCUT2D eigenvalue weighted by Gasteiger charge is 2.10. The van der Waals surface area contributed by atoms with Crippen molar-refractivity contribution in [2.45, 2.75) is 20.0 Å². The van der Waals surface area contributed by atoms with E-state index >= 15 is 0 Å². The number of aromatic nitrogens is 3. The van der Waals surface area contributed by atoms with E-state index in [4.69, 9.17) is 10.00 Å². The first-order valence-corrected chi connectivity index (χ1v) is 8.75. The molecule has 27 heavy (non-hydrogen) atoms. The fraction of sp³-hybridized carbons (Fsp3) is 0.136. The van der Waals surface area contributed by atoms with Gasteiger partial charge in [0.15, 0.2) is 5.65 Å². The van der Waals surface area contributed by atoms with Crippen LogP contribution >= 0.6 is 0 Å². The van der Waals surface area contributed by atoms with Crippen LogP contribution in [0.1, 0.15) is 19.4 Å². The highest BCUT2D eigenvalue weighted by atomic mass is 16.5. The quantitative estimate of drug-likeness (QED) is 0.532. The van der Waals surface area contributed by atoms with Crippen molar-refractivity contribution in [2.24, 2.45) is 0 Å². The Labute approximate surface area is 157 Å². The van der Waals surface area contributed by atoms with Gasteiger partial charge in [0, 0.05) is 17.3 Å². The van der Waals surface area contributed by atoms with Crippen molar-refractivity contribution in [3.63, 3.8) is 0 Å². The van der Waals surface area contributed by atoms with Crippen molar-refractivity contribution in [1.29, 1.82) is 5.26 Å². The Morgan fingerprint density at radius 1 is 1.00 bits per heavy atom. The molecule has 0 saturated carbocycles. The van der Waals surface area contributed by atoms with Crippen LogP contribution in [0.25, 0.3) is 28.2 Å². The molecule has 5 nitrogen and oxygen atoms in total. The Morgan fingerprint density at radius 3 is 2.63 bits per heavy atom. The van der Waals surface area contributed by atoms with E-state index in [1.165, 1.54) is 0 Å². The molecule has 132 valence electrons. The molecule has 2 heterocycles. The number of nitriles is 1. The lowest BCUT2D eigenvalue weighted by Gasteiger charge is -2.11. The topological polar surface area (TPSA) is 63.2 Å². The molecule has 0 unspecified atom stereocenters. The number of rotatable bonds is 4. The van der Waals surface area contributed by atoms with Crippen LogP contribution in [0.5, 0.6) is 5.75 Å². The van der Waals surface area contributed by atoms with Crippen LogP contribution in [-0.2, 0) is 0 Å². The average molecular weight is 354 g/mol. The number of nitrogens with zero attached hydrogens (tertiary/aromatic N) is 4. The molecule has 0 aliphatic carbocycles. The van der Waals surface area contributed by atoms with Crippen LogP contribution in [0.4, 0.5) is 0 Å². The van der Waals surface area contributed by atoms with Gasteiger partial charge in [-0.3, -0.25) is 9.38 Å². The van der Waals surface area contributed by atoms with E-state index < -0.39 is 0 Å². The molecule has 0 amide bonds. The maximum absolute atomic E-state index is 9.16. The van der Waals surface area contributed by atoms with Gasteiger partial charge in [-0.2, -0.15) is 5.26 Å². The zero-order valence-electron chi connectivity index (χ0n) is 15.1. The molecule has 4 aromatic rings. The standard InChI is InChI=1S/C22H18N4O/c1-15(2)27-19-8-4-6-17(10-19)20-14-26-21(12-25-22(26)13-24-20)18-7-3-5-16(9-18)11-23/h3-10,12-15H,1-2H3. The minimum Gasteiger partial charge on any atom is -0.491 e. The summed E-state index contributed by atoms with van der Waals surface area (Å²) in [5.74, 6) is 0.817. The van der Waals surface area contributed by atoms with Gasteiger partial charge in [0.2, 0.25) is 0 Å². The number of ether oxygens (including phenoxy) is 1. The zero-order chi connectivity index (χ0) is 18.8. The van der Waals surface area contributed by atoms with Gasteiger partial charge in [0.05, 0.1) is 41.5 Å². The van der Waals surface area contributed by atoms with Crippen molar-refractivity contribution in [1.82, 2.24) is 14.4 Å². The molecule has 4 rings (SSSR count). The van der Waals surface area contributed by atoms with Crippen molar-refractivity contribution in [3.05, 3.63) is 72.7 Å². The van der Waals surface area contributed by atoms with Gasteiger partial charge in [0.25, 0.3) is 0 Å². The summed E-state index contributed by atoms with van der Waals surface area (Å²) in [5.41, 5.74) is 5.03. The van der Waals surface area contributed by atoms with Gasteiger partial charge in [-0.15, -0.1) is 0 Å². The number of hydrogen-bond acceptors (Lipinski definition) is 4. The summed E-state index contributed by atoms with van der Waals surface area (Å²) >= 11 is 0. The molecule has 0 spiro atoms. The van der Waals surface area contributed by atoms with E-state index in [0.29, 0.717) is 5.56 Å². The number of hydrogen-bond donors (Lipinski definition) is 0. The van der Waals surface area contributed by atoms with E-state index in [-0.39, 0.29) is 6.10 Å². The Bertz CT molecular complexity index is 1150. The predicted molar refractivity (Wildman–Crippen MR) is 104 cm³/mol. The predicted octanol–water partition coefficient (Wildman–Crippen LogP) is 4.72. The minimum absolute atomic E-state index is 0.114. The van der Waals surface area contributed by atoms with Crippen molar-refractivity contribution in [2.75, 3.05) is 0 Å². The lowest BCUT2D eigenvalue weighted by molar-refractivity contribution is 0.242. The summed E-state index contributed by atoms with van der Waals surface area (Å²) in [5, 5.41) is 9.16. The van der Waals surface area contributed by atoms with Crippen LogP contribution in [0.2, 0.25) is 0 Å². The second kappa shape index (κ2) is 6.93. The molecular weight excluding hydrogens is 336 g/mol. The summed E-state index contributed by atoms with van der Waals surface area (Å²) in [7, 11) is 0. The molecule has 5 heteroatoms. The first-order chi connectivity index (χ1) is 13.1. The van der Waals surface area contributed by atoms with Gasteiger partial charge >= 0.3 is 0 Å². The molecule has 0 bridgehead atoms. The number of benzene rings is 2. The van der Waals surface area contributed by atoms with Gasteiger partial charge in [-0.05, 0) is 38.1 Å². The van der Waals surface area contributed by atoms with E-state index in [9.17, 15) is 0 Å². The van der Waals surface area contributed by atoms with Gasteiger partial charge < -0.3 is 4.74 Å². The average Bonchev–Trinajstić information content (AvgIpc) is 3.11. The van der Waals surface area contributed by atoms with Crippen molar-refractivity contribution >= 4 is 5.65 Å². The van der Waals surface area contributed by atoms with Crippen LogP contribution in [0.3, 0.4) is 0 Å². The van der Waals surface area contributed by atoms with Gasteiger partial charge in [-0.25, -0.2) is 4.98 Å². The second-order valence-electron chi connectivity index (χ2n) is 6.53. The largest absolute Gasteiger partial charge is 0.491 e. The first-order valence-electron chi connectivity index (χ1n) is 8.75. The number of imidazole rings is 1. The molecule has 0 N–H and O–H groups in total. The summed E-state index contributed by atoms with van der Waals surface area (Å²) in [4.78, 5) is 8.98. The fourth-order valence-corrected chi connectivity index (χ4v) is 3.00. The molecule has 0 fully saturated rings. The van der Waals surface area contributed by atoms with Gasteiger partial charge in [0.1, 0.15) is 5.75 Å². The summed E-state index contributed by atoms with van der Waals surface area (Å²) in [6, 6.07) is 17.6. The maximum atomic E-state index is 9.16. The molecule has 2 aromatic heterocycles. The third-order valence-corrected chi connectivity index (χ3v) is 4.18. The molecular formula is C22H18N4O. The van der Waals surface area contributed by atoms with Gasteiger partial charge in [-0.1, -0.05) is 24.3 Å². The maximum Gasteiger partial charge on any atom is 0.155 e. The summed E-state index contributed by atoms with van der Waals surface area (Å²) in [6.45, 7) is 4.01. The first kappa shape index (κ1) is 16.8. The second-order valence-corrected chi connectivity index (χ2v) is 6.53. The smallest absolute Gasteiger partial charge is 0.155 e. The lowest BCUT2D eigenvalue weighted by atomic mass is 10.1. The highest BCUT2D eigenvalue weighted by molar-refractivity contribution is 5.68.